The van der Waals surface area contributed by atoms with Crippen molar-refractivity contribution in [2.24, 2.45) is 0 Å². The molecule has 0 bridgehead atoms. The molecular weight excluding hydrogens is 327 g/mol. The van der Waals surface area contributed by atoms with Gasteiger partial charge < -0.3 is 4.74 Å². The monoisotopic (exact) mass is 340 g/mol. The minimum absolute atomic E-state index is 0.213. The van der Waals surface area contributed by atoms with E-state index < -0.39 is 23.7 Å². The number of methoxy groups -OCH3 is 1. The second-order valence-electron chi connectivity index (χ2n) is 5.18. The van der Waals surface area contributed by atoms with Crippen molar-refractivity contribution in [3.05, 3.63) is 65.5 Å². The van der Waals surface area contributed by atoms with E-state index in [0.29, 0.717) is 11.3 Å². The molecule has 0 unspecified atom stereocenters. The van der Waals surface area contributed by atoms with Crippen molar-refractivity contribution in [2.45, 2.75) is 0 Å². The summed E-state index contributed by atoms with van der Waals surface area (Å²) < 4.78 is 18.2. The fourth-order valence-electron chi connectivity index (χ4n) is 2.42. The van der Waals surface area contributed by atoms with E-state index >= 15 is 0 Å². The van der Waals surface area contributed by atoms with Crippen molar-refractivity contribution >= 4 is 29.6 Å². The molecule has 1 saturated heterocycles. The van der Waals surface area contributed by atoms with Crippen molar-refractivity contribution in [3.8, 4) is 5.75 Å². The average Bonchev–Trinajstić information content (AvgIpc) is 2.60. The first-order valence-corrected chi connectivity index (χ1v) is 7.31. The molecule has 1 heterocycles. The molecule has 0 spiro atoms. The number of carbonyl (C=O) groups excluding carboxylic acids is 3. The largest absolute Gasteiger partial charge is 0.495 e. The number of hydrogen-bond donors (Lipinski definition) is 1. The van der Waals surface area contributed by atoms with Crippen molar-refractivity contribution < 1.29 is 23.5 Å². The van der Waals surface area contributed by atoms with Crippen LogP contribution in [0.1, 0.15) is 5.56 Å². The molecule has 4 amide bonds. The van der Waals surface area contributed by atoms with Crippen LogP contribution in [-0.2, 0) is 9.59 Å². The van der Waals surface area contributed by atoms with Crippen molar-refractivity contribution in [1.29, 1.82) is 0 Å². The number of urea groups is 1. The van der Waals surface area contributed by atoms with Gasteiger partial charge in [-0.3, -0.25) is 14.9 Å². The molecule has 0 atom stereocenters. The molecule has 7 heteroatoms. The Labute approximate surface area is 142 Å². The first-order chi connectivity index (χ1) is 12.0. The van der Waals surface area contributed by atoms with E-state index in [0.717, 1.165) is 4.90 Å². The molecule has 0 saturated carbocycles. The van der Waals surface area contributed by atoms with Gasteiger partial charge in [0, 0.05) is 0 Å². The summed E-state index contributed by atoms with van der Waals surface area (Å²) in [6.07, 6.45) is 1.30. The molecule has 2 aromatic carbocycles. The van der Waals surface area contributed by atoms with Crippen LogP contribution in [0.4, 0.5) is 14.9 Å². The summed E-state index contributed by atoms with van der Waals surface area (Å²) in [4.78, 5) is 37.8. The molecule has 0 aliphatic carbocycles. The second kappa shape index (κ2) is 6.56. The number of nitrogens with one attached hydrogen (secondary N) is 1. The molecule has 0 aromatic heterocycles. The lowest BCUT2D eigenvalue weighted by Crippen LogP contribution is -2.54. The fraction of sp³-hybridized carbons (Fsp3) is 0.0556. The topological polar surface area (TPSA) is 75.7 Å². The molecule has 1 aliphatic heterocycles. The Morgan fingerprint density at radius 2 is 1.72 bits per heavy atom. The Hall–Kier alpha value is -3.48. The molecule has 126 valence electrons. The highest BCUT2D eigenvalue weighted by Crippen LogP contribution is 2.30. The maximum absolute atomic E-state index is 13.0. The zero-order valence-electron chi connectivity index (χ0n) is 13.2. The highest BCUT2D eigenvalue weighted by molar-refractivity contribution is 6.39. The third-order valence-electron chi connectivity index (χ3n) is 3.61. The summed E-state index contributed by atoms with van der Waals surface area (Å²) in [5, 5.41) is 2.12. The fourth-order valence-corrected chi connectivity index (χ4v) is 2.42. The number of benzene rings is 2. The molecule has 1 aliphatic rings. The van der Waals surface area contributed by atoms with Crippen molar-refractivity contribution in [3.63, 3.8) is 0 Å². The number of para-hydroxylation sites is 2. The number of imide groups is 2. The van der Waals surface area contributed by atoms with E-state index in [2.05, 4.69) is 5.32 Å². The van der Waals surface area contributed by atoms with Crippen molar-refractivity contribution in [1.82, 2.24) is 5.32 Å². The van der Waals surface area contributed by atoms with E-state index in [9.17, 15) is 18.8 Å². The van der Waals surface area contributed by atoms with Gasteiger partial charge in [0.05, 0.1) is 12.8 Å². The maximum atomic E-state index is 13.0. The van der Waals surface area contributed by atoms with Crippen LogP contribution in [0, 0.1) is 5.82 Å². The number of ether oxygens (including phenoxy) is 1. The summed E-state index contributed by atoms with van der Waals surface area (Å²) in [6, 6.07) is 10.8. The molecule has 1 fully saturated rings. The molecule has 6 nitrogen and oxygen atoms in total. The SMILES string of the molecule is COc1ccccc1N1C(=O)NC(=O)/C(=C/c2ccc(F)cc2)C1=O. The minimum atomic E-state index is -0.865. The van der Waals surface area contributed by atoms with Gasteiger partial charge in [-0.1, -0.05) is 24.3 Å². The summed E-state index contributed by atoms with van der Waals surface area (Å²) >= 11 is 0. The minimum Gasteiger partial charge on any atom is -0.495 e. The third-order valence-corrected chi connectivity index (χ3v) is 3.61. The Bertz CT molecular complexity index is 890. The van der Waals surface area contributed by atoms with Gasteiger partial charge >= 0.3 is 6.03 Å². The molecule has 3 rings (SSSR count). The normalized spacial score (nSPS) is 16.2. The summed E-state index contributed by atoms with van der Waals surface area (Å²) in [5.41, 5.74) is 0.427. The number of anilines is 1. The lowest BCUT2D eigenvalue weighted by Gasteiger charge is -2.27. The van der Waals surface area contributed by atoms with Crippen LogP contribution in [0.2, 0.25) is 0 Å². The number of rotatable bonds is 3. The van der Waals surface area contributed by atoms with Gasteiger partial charge in [-0.2, -0.15) is 0 Å². The lowest BCUT2D eigenvalue weighted by molar-refractivity contribution is -0.122. The van der Waals surface area contributed by atoms with Crippen LogP contribution in [0.15, 0.2) is 54.1 Å². The standard InChI is InChI=1S/C18H13FN2O4/c1-25-15-5-3-2-4-14(15)21-17(23)13(16(22)20-18(21)24)10-11-6-8-12(19)9-7-11/h2-10H,1H3,(H,20,22,24)/b13-10-. The number of barbiturate groups is 1. The zero-order valence-corrected chi connectivity index (χ0v) is 13.2. The van der Waals surface area contributed by atoms with Crippen LogP contribution in [0.3, 0.4) is 0 Å². The smallest absolute Gasteiger partial charge is 0.336 e. The number of carbonyl (C=O) groups is 3. The van der Waals surface area contributed by atoms with E-state index in [1.807, 2.05) is 0 Å². The van der Waals surface area contributed by atoms with Crippen LogP contribution in [0.5, 0.6) is 5.75 Å². The molecule has 0 radical (unpaired) electrons. The predicted molar refractivity (Wildman–Crippen MR) is 88.4 cm³/mol. The Morgan fingerprint density at radius 3 is 2.40 bits per heavy atom. The molecule has 2 aromatic rings. The van der Waals surface area contributed by atoms with Crippen LogP contribution in [0.25, 0.3) is 6.08 Å². The highest BCUT2D eigenvalue weighted by atomic mass is 19.1. The van der Waals surface area contributed by atoms with Crippen LogP contribution in [-0.4, -0.2) is 25.0 Å². The van der Waals surface area contributed by atoms with E-state index in [1.54, 1.807) is 18.2 Å². The van der Waals surface area contributed by atoms with Gasteiger partial charge in [-0.15, -0.1) is 0 Å². The third kappa shape index (κ3) is 3.12. The van der Waals surface area contributed by atoms with Gasteiger partial charge in [-0.25, -0.2) is 14.1 Å². The molecule has 1 N–H and O–H groups in total. The first kappa shape index (κ1) is 16.4. The maximum Gasteiger partial charge on any atom is 0.336 e. The quantitative estimate of drug-likeness (QED) is 0.688. The van der Waals surface area contributed by atoms with Gasteiger partial charge in [0.15, 0.2) is 0 Å². The molecular formula is C18H13FN2O4. The van der Waals surface area contributed by atoms with Gasteiger partial charge in [-0.05, 0) is 35.9 Å². The Balaban J connectivity index is 2.04. The summed E-state index contributed by atoms with van der Waals surface area (Å²) in [5.74, 6) is -1.73. The second-order valence-corrected chi connectivity index (χ2v) is 5.18. The number of halogens is 1. The average molecular weight is 340 g/mol. The Kier molecular flexibility index (Phi) is 4.30. The highest BCUT2D eigenvalue weighted by Gasteiger charge is 2.37. The van der Waals surface area contributed by atoms with Gasteiger partial charge in [0.25, 0.3) is 11.8 Å². The van der Waals surface area contributed by atoms with Crippen LogP contribution < -0.4 is 15.0 Å². The van der Waals surface area contributed by atoms with E-state index in [1.165, 1.54) is 43.5 Å². The molecule has 25 heavy (non-hydrogen) atoms. The summed E-state index contributed by atoms with van der Waals surface area (Å²) in [7, 11) is 1.41. The van der Waals surface area contributed by atoms with E-state index in [4.69, 9.17) is 4.74 Å². The first-order valence-electron chi connectivity index (χ1n) is 7.31. The number of nitrogens with zero attached hydrogens (tertiary/aromatic N) is 1. The van der Waals surface area contributed by atoms with Crippen LogP contribution >= 0.6 is 0 Å². The number of hydrogen-bond acceptors (Lipinski definition) is 4. The van der Waals surface area contributed by atoms with Gasteiger partial charge in [0.2, 0.25) is 0 Å². The van der Waals surface area contributed by atoms with E-state index in [-0.39, 0.29) is 11.3 Å². The van der Waals surface area contributed by atoms with Crippen molar-refractivity contribution in [2.75, 3.05) is 12.0 Å². The predicted octanol–water partition coefficient (Wildman–Crippen LogP) is 2.50. The lowest BCUT2D eigenvalue weighted by atomic mass is 10.1. The zero-order chi connectivity index (χ0) is 18.0. The van der Waals surface area contributed by atoms with Gasteiger partial charge in [0.1, 0.15) is 17.1 Å². The Morgan fingerprint density at radius 1 is 1.04 bits per heavy atom. The number of amides is 4. The summed E-state index contributed by atoms with van der Waals surface area (Å²) in [6.45, 7) is 0.